The van der Waals surface area contributed by atoms with E-state index in [4.69, 9.17) is 14.2 Å². The van der Waals surface area contributed by atoms with Gasteiger partial charge in [0, 0.05) is 18.9 Å². The molecule has 164 valence electrons. The lowest BCUT2D eigenvalue weighted by molar-refractivity contribution is -0.387. The number of fused-ring (bicyclic) bond motifs is 1. The van der Waals surface area contributed by atoms with Crippen LogP contribution in [-0.2, 0) is 25.9 Å². The molecular weight excluding hydrogens is 432 g/mol. The van der Waals surface area contributed by atoms with Crippen molar-refractivity contribution < 1.29 is 37.1 Å². The van der Waals surface area contributed by atoms with Crippen LogP contribution in [0.5, 0.6) is 11.5 Å². The molecule has 0 aliphatic carbocycles. The van der Waals surface area contributed by atoms with Crippen molar-refractivity contribution in [1.29, 1.82) is 0 Å². The second-order valence-electron chi connectivity index (χ2n) is 6.66. The van der Waals surface area contributed by atoms with E-state index in [9.17, 15) is 28.1 Å². The Balaban J connectivity index is 1.63. The highest BCUT2D eigenvalue weighted by Crippen LogP contribution is 2.32. The summed E-state index contributed by atoms with van der Waals surface area (Å²) >= 11 is 0. The second kappa shape index (κ2) is 8.60. The Morgan fingerprint density at radius 2 is 1.90 bits per heavy atom. The fraction of sp³-hybridized carbons (Fsp3) is 0.263. The molecule has 0 bridgehead atoms. The highest BCUT2D eigenvalue weighted by atomic mass is 32.2. The lowest BCUT2D eigenvalue weighted by Gasteiger charge is -2.14. The maximum atomic E-state index is 12.3. The molecule has 0 saturated carbocycles. The lowest BCUT2D eigenvalue weighted by atomic mass is 10.2. The van der Waals surface area contributed by atoms with Crippen LogP contribution >= 0.6 is 0 Å². The van der Waals surface area contributed by atoms with Crippen LogP contribution in [0.15, 0.2) is 41.3 Å². The lowest BCUT2D eigenvalue weighted by Crippen LogP contribution is -2.35. The molecule has 1 unspecified atom stereocenters. The Kier molecular flexibility index (Phi) is 6.11. The summed E-state index contributed by atoms with van der Waals surface area (Å²) in [6.07, 6.45) is -0.380. The minimum atomic E-state index is -3.87. The molecule has 1 N–H and O–H groups in total. The number of carbonyl (C=O) groups excluding carboxylic acids is 2. The van der Waals surface area contributed by atoms with Crippen molar-refractivity contribution in [3.05, 3.63) is 57.6 Å². The molecule has 1 amide bonds. The van der Waals surface area contributed by atoms with Crippen molar-refractivity contribution in [2.45, 2.75) is 24.5 Å². The maximum Gasteiger partial charge on any atom is 0.339 e. The summed E-state index contributed by atoms with van der Waals surface area (Å²) in [5, 5.41) is 13.8. The number of ether oxygens (including phenoxy) is 3. The van der Waals surface area contributed by atoms with E-state index in [1.807, 2.05) is 0 Å². The van der Waals surface area contributed by atoms with Gasteiger partial charge in [-0.25, -0.2) is 13.2 Å². The molecule has 1 aliphatic heterocycles. The van der Waals surface area contributed by atoms with Gasteiger partial charge in [0.1, 0.15) is 4.90 Å². The quantitative estimate of drug-likeness (QED) is 0.376. The Bertz CT molecular complexity index is 1160. The van der Waals surface area contributed by atoms with Crippen LogP contribution in [0, 0.1) is 10.1 Å². The molecule has 0 aromatic heterocycles. The van der Waals surface area contributed by atoms with Gasteiger partial charge in [0.15, 0.2) is 27.4 Å². The van der Waals surface area contributed by atoms with Crippen LogP contribution in [-0.4, -0.2) is 44.4 Å². The molecule has 3 rings (SSSR count). The summed E-state index contributed by atoms with van der Waals surface area (Å²) in [5.74, 6) is -0.430. The Hall–Kier alpha value is -3.67. The van der Waals surface area contributed by atoms with Crippen molar-refractivity contribution in [2.75, 3.05) is 13.0 Å². The topological polar surface area (TPSA) is 151 Å². The van der Waals surface area contributed by atoms with Crippen molar-refractivity contribution in [3.63, 3.8) is 0 Å². The van der Waals surface area contributed by atoms with E-state index in [1.165, 1.54) is 6.92 Å². The van der Waals surface area contributed by atoms with Gasteiger partial charge in [-0.15, -0.1) is 0 Å². The normalized spacial score (nSPS) is 13.4. The van der Waals surface area contributed by atoms with E-state index in [2.05, 4.69) is 5.32 Å². The third kappa shape index (κ3) is 5.09. The molecule has 2 aromatic carbocycles. The highest BCUT2D eigenvalue weighted by molar-refractivity contribution is 7.90. The number of sulfone groups is 1. The predicted molar refractivity (Wildman–Crippen MR) is 105 cm³/mol. The molecule has 1 atom stereocenters. The Morgan fingerprint density at radius 1 is 1.19 bits per heavy atom. The fourth-order valence-electron chi connectivity index (χ4n) is 2.77. The highest BCUT2D eigenvalue weighted by Gasteiger charge is 2.26. The van der Waals surface area contributed by atoms with E-state index in [0.717, 1.165) is 30.0 Å². The molecule has 0 saturated heterocycles. The number of nitro groups is 1. The molecule has 0 fully saturated rings. The summed E-state index contributed by atoms with van der Waals surface area (Å²) in [6, 6.07) is 8.00. The monoisotopic (exact) mass is 450 g/mol. The number of nitrogens with zero attached hydrogens (tertiary/aromatic N) is 1. The fourth-order valence-corrected chi connectivity index (χ4v) is 3.60. The molecule has 31 heavy (non-hydrogen) atoms. The molecule has 12 heteroatoms. The van der Waals surface area contributed by atoms with Crippen molar-refractivity contribution in [3.8, 4) is 11.5 Å². The van der Waals surface area contributed by atoms with Gasteiger partial charge in [0.2, 0.25) is 6.79 Å². The number of hydrogen-bond acceptors (Lipinski definition) is 9. The van der Waals surface area contributed by atoms with Crippen LogP contribution in [0.3, 0.4) is 0 Å². The number of carbonyl (C=O) groups is 2. The molecule has 0 radical (unpaired) electrons. The first-order valence-electron chi connectivity index (χ1n) is 8.92. The van der Waals surface area contributed by atoms with Crippen molar-refractivity contribution in [1.82, 2.24) is 5.32 Å². The summed E-state index contributed by atoms with van der Waals surface area (Å²) in [7, 11) is -3.87. The SMILES string of the molecule is CC(OC(=O)c1ccc(S(C)(=O)=O)c([N+](=O)[O-])c1)C(=O)NCc1ccc2c(c1)OCO2. The first kappa shape index (κ1) is 22.0. The van der Waals surface area contributed by atoms with Gasteiger partial charge < -0.3 is 19.5 Å². The van der Waals surface area contributed by atoms with E-state index in [-0.39, 0.29) is 18.9 Å². The largest absolute Gasteiger partial charge is 0.454 e. The molecule has 1 heterocycles. The first-order valence-corrected chi connectivity index (χ1v) is 10.8. The number of nitrogens with one attached hydrogen (secondary N) is 1. The van der Waals surface area contributed by atoms with E-state index < -0.39 is 43.3 Å². The number of amides is 1. The van der Waals surface area contributed by atoms with Crippen LogP contribution in [0.2, 0.25) is 0 Å². The molecule has 2 aromatic rings. The molecular formula is C19H18N2O9S. The van der Waals surface area contributed by atoms with Gasteiger partial charge in [-0.3, -0.25) is 14.9 Å². The van der Waals surface area contributed by atoms with E-state index in [1.54, 1.807) is 18.2 Å². The summed E-state index contributed by atoms with van der Waals surface area (Å²) in [5.41, 5.74) is -0.269. The van der Waals surface area contributed by atoms with E-state index >= 15 is 0 Å². The minimum absolute atomic E-state index is 0.126. The second-order valence-corrected chi connectivity index (χ2v) is 8.65. The van der Waals surface area contributed by atoms with Gasteiger partial charge in [0.25, 0.3) is 11.6 Å². The van der Waals surface area contributed by atoms with Crippen LogP contribution in [0.25, 0.3) is 0 Å². The van der Waals surface area contributed by atoms with Crippen LogP contribution < -0.4 is 14.8 Å². The summed E-state index contributed by atoms with van der Waals surface area (Å²) in [6.45, 7) is 1.61. The number of nitro benzene ring substituents is 1. The van der Waals surface area contributed by atoms with Gasteiger partial charge in [-0.05, 0) is 36.8 Å². The first-order chi connectivity index (χ1) is 14.6. The van der Waals surface area contributed by atoms with Crippen LogP contribution in [0.4, 0.5) is 5.69 Å². The molecule has 11 nitrogen and oxygen atoms in total. The third-order valence-corrected chi connectivity index (χ3v) is 5.49. The summed E-state index contributed by atoms with van der Waals surface area (Å²) < 4.78 is 38.9. The van der Waals surface area contributed by atoms with Crippen molar-refractivity contribution >= 4 is 27.4 Å². The van der Waals surface area contributed by atoms with Crippen LogP contribution in [0.1, 0.15) is 22.8 Å². The average molecular weight is 450 g/mol. The van der Waals surface area contributed by atoms with Gasteiger partial charge in [-0.2, -0.15) is 0 Å². The number of esters is 1. The summed E-state index contributed by atoms with van der Waals surface area (Å²) in [4.78, 5) is 34.3. The number of rotatable bonds is 7. The van der Waals surface area contributed by atoms with Gasteiger partial charge >= 0.3 is 5.97 Å². The number of hydrogen-bond donors (Lipinski definition) is 1. The molecule has 0 spiro atoms. The van der Waals surface area contributed by atoms with Gasteiger partial charge in [-0.1, -0.05) is 6.07 Å². The van der Waals surface area contributed by atoms with Crippen molar-refractivity contribution in [2.24, 2.45) is 0 Å². The van der Waals surface area contributed by atoms with E-state index in [0.29, 0.717) is 11.5 Å². The van der Waals surface area contributed by atoms with Gasteiger partial charge in [0.05, 0.1) is 10.5 Å². The zero-order chi connectivity index (χ0) is 22.8. The Labute approximate surface area is 177 Å². The maximum absolute atomic E-state index is 12.3. The number of benzene rings is 2. The standard InChI is InChI=1S/C19H18N2O9S/c1-11(18(22)20-9-12-3-5-15-16(7-12)29-10-28-15)30-19(23)13-4-6-17(31(2,26)27)14(8-13)21(24)25/h3-8,11H,9-10H2,1-2H3,(H,20,22). The minimum Gasteiger partial charge on any atom is -0.454 e. The zero-order valence-corrected chi connectivity index (χ0v) is 17.3. The third-order valence-electron chi connectivity index (χ3n) is 4.35. The smallest absolute Gasteiger partial charge is 0.339 e. The Morgan fingerprint density at radius 3 is 2.58 bits per heavy atom. The predicted octanol–water partition coefficient (Wildman–Crippen LogP) is 1.59. The molecule has 1 aliphatic rings. The average Bonchev–Trinajstić information content (AvgIpc) is 3.18. The zero-order valence-electron chi connectivity index (χ0n) is 16.5.